The van der Waals surface area contributed by atoms with Gasteiger partial charge in [-0.25, -0.2) is 4.98 Å². The van der Waals surface area contributed by atoms with Gasteiger partial charge in [0, 0.05) is 50.3 Å². The topological polar surface area (TPSA) is 79.3 Å². The molecule has 8 heteroatoms. The lowest BCUT2D eigenvalue weighted by molar-refractivity contribution is -0.118. The first-order valence-corrected chi connectivity index (χ1v) is 8.37. The number of ketones is 1. The summed E-state index contributed by atoms with van der Waals surface area (Å²) in [5.74, 6) is 0.827. The van der Waals surface area contributed by atoms with E-state index < -0.39 is 0 Å². The van der Waals surface area contributed by atoms with Gasteiger partial charge in [0.25, 0.3) is 0 Å². The Hall–Kier alpha value is -2.22. The Morgan fingerprint density at radius 3 is 2.88 bits per heavy atom. The Balaban J connectivity index is 0.00000243. The van der Waals surface area contributed by atoms with Gasteiger partial charge in [0.05, 0.1) is 12.6 Å². The van der Waals surface area contributed by atoms with Crippen molar-refractivity contribution in [3.8, 4) is 0 Å². The first kappa shape index (κ1) is 20.1. The third kappa shape index (κ3) is 4.69. The van der Waals surface area contributed by atoms with Crippen molar-refractivity contribution >= 4 is 29.8 Å². The number of anilines is 1. The lowest BCUT2D eigenvalue weighted by Gasteiger charge is -2.35. The largest absolute Gasteiger partial charge is 0.337 e. The smallest absolute Gasteiger partial charge is 0.238 e. The zero-order valence-electron chi connectivity index (χ0n) is 14.9. The molecule has 0 saturated carbocycles. The Morgan fingerprint density at radius 1 is 1.38 bits per heavy atom. The zero-order chi connectivity index (χ0) is 17.8. The lowest BCUT2D eigenvalue weighted by atomic mass is 10.1. The third-order valence-electron chi connectivity index (χ3n) is 4.41. The third-order valence-corrected chi connectivity index (χ3v) is 4.41. The number of carbonyl (C=O) groups excluding carboxylic acids is 2. The minimum Gasteiger partial charge on any atom is -0.337 e. The van der Waals surface area contributed by atoms with Crippen LogP contribution in [0.2, 0.25) is 0 Å². The van der Waals surface area contributed by atoms with Gasteiger partial charge in [-0.1, -0.05) is 12.1 Å². The molecule has 1 aromatic heterocycles. The summed E-state index contributed by atoms with van der Waals surface area (Å²) < 4.78 is 1.99. The van der Waals surface area contributed by atoms with Crippen LogP contribution in [-0.2, 0) is 11.8 Å². The fourth-order valence-electron chi connectivity index (χ4n) is 3.09. The lowest BCUT2D eigenvalue weighted by Crippen LogP contribution is -2.49. The van der Waals surface area contributed by atoms with Gasteiger partial charge in [-0.2, -0.15) is 0 Å². The number of hydrogen-bond acceptors (Lipinski definition) is 5. The van der Waals surface area contributed by atoms with Crippen LogP contribution < -0.4 is 10.6 Å². The molecule has 1 aromatic carbocycles. The fourth-order valence-corrected chi connectivity index (χ4v) is 3.09. The summed E-state index contributed by atoms with van der Waals surface area (Å²) in [7, 11) is 1.96. The summed E-state index contributed by atoms with van der Waals surface area (Å²) in [6.45, 7) is 4.17. The van der Waals surface area contributed by atoms with Crippen molar-refractivity contribution in [3.05, 3.63) is 48.0 Å². The van der Waals surface area contributed by atoms with Crippen molar-refractivity contribution < 1.29 is 9.59 Å². The summed E-state index contributed by atoms with van der Waals surface area (Å²) in [4.78, 5) is 30.5. The molecule has 3 rings (SSSR count). The summed E-state index contributed by atoms with van der Waals surface area (Å²) in [5.41, 5.74) is 1.23. The molecule has 7 nitrogen and oxygen atoms in total. The van der Waals surface area contributed by atoms with Gasteiger partial charge < -0.3 is 15.2 Å². The zero-order valence-corrected chi connectivity index (χ0v) is 15.8. The van der Waals surface area contributed by atoms with Crippen LogP contribution in [0.3, 0.4) is 0 Å². The maximum absolute atomic E-state index is 12.5. The molecule has 1 unspecified atom stereocenters. The molecule has 1 saturated heterocycles. The second kappa shape index (κ2) is 8.93. The van der Waals surface area contributed by atoms with E-state index in [1.807, 2.05) is 17.8 Å². The number of carbonyl (C=O) groups is 2. The number of nitrogens with one attached hydrogen (secondary N) is 2. The highest BCUT2D eigenvalue weighted by molar-refractivity contribution is 5.97. The molecule has 0 aliphatic carbocycles. The van der Waals surface area contributed by atoms with Crippen LogP contribution in [0, 0.1) is 0 Å². The Kier molecular flexibility index (Phi) is 6.90. The highest BCUT2D eigenvalue weighted by Gasteiger charge is 2.28. The first-order chi connectivity index (χ1) is 12.0. The van der Waals surface area contributed by atoms with E-state index in [4.69, 9.17) is 0 Å². The van der Waals surface area contributed by atoms with Crippen molar-refractivity contribution in [1.82, 2.24) is 19.8 Å². The van der Waals surface area contributed by atoms with Crippen LogP contribution >= 0.6 is 12.4 Å². The van der Waals surface area contributed by atoms with Gasteiger partial charge in [0.2, 0.25) is 5.91 Å². The van der Waals surface area contributed by atoms with Gasteiger partial charge in [0.15, 0.2) is 5.78 Å². The minimum absolute atomic E-state index is 0. The van der Waals surface area contributed by atoms with E-state index in [0.29, 0.717) is 11.3 Å². The first-order valence-electron chi connectivity index (χ1n) is 8.37. The fraction of sp³-hybridized carbons (Fsp3) is 0.389. The maximum Gasteiger partial charge on any atom is 0.238 e. The van der Waals surface area contributed by atoms with Gasteiger partial charge in [-0.05, 0) is 19.1 Å². The van der Waals surface area contributed by atoms with Crippen LogP contribution in [0.15, 0.2) is 36.7 Å². The van der Waals surface area contributed by atoms with E-state index in [1.165, 1.54) is 6.92 Å². The normalized spacial score (nSPS) is 17.4. The number of rotatable bonds is 5. The molecule has 0 radical (unpaired) electrons. The van der Waals surface area contributed by atoms with E-state index in [9.17, 15) is 9.59 Å². The number of imidazole rings is 1. The van der Waals surface area contributed by atoms with Crippen molar-refractivity contribution in [3.63, 3.8) is 0 Å². The van der Waals surface area contributed by atoms with Crippen molar-refractivity contribution in [1.29, 1.82) is 0 Å². The Bertz CT molecular complexity index is 776. The molecule has 1 aliphatic rings. The second-order valence-corrected chi connectivity index (χ2v) is 6.27. The molecular formula is C18H24ClN5O2. The van der Waals surface area contributed by atoms with Gasteiger partial charge in [-0.3, -0.25) is 14.5 Å². The maximum atomic E-state index is 12.5. The SMILES string of the molecule is CC(=O)c1cccc(NC(=O)CN2CCNCC2c2nccn2C)c1.Cl. The summed E-state index contributed by atoms with van der Waals surface area (Å²) in [5, 5.41) is 6.24. The van der Waals surface area contributed by atoms with Crippen LogP contribution in [0.1, 0.15) is 29.1 Å². The monoisotopic (exact) mass is 377 g/mol. The summed E-state index contributed by atoms with van der Waals surface area (Å²) in [6, 6.07) is 7.06. The molecular weight excluding hydrogens is 354 g/mol. The van der Waals surface area contributed by atoms with Crippen LogP contribution in [0.5, 0.6) is 0 Å². The Labute approximate surface area is 159 Å². The van der Waals surface area contributed by atoms with Crippen LogP contribution in [-0.4, -0.2) is 52.3 Å². The van der Waals surface area contributed by atoms with Crippen molar-refractivity contribution in [2.24, 2.45) is 7.05 Å². The van der Waals surface area contributed by atoms with E-state index in [1.54, 1.807) is 30.5 Å². The molecule has 2 aromatic rings. The number of benzene rings is 1. The van der Waals surface area contributed by atoms with Crippen molar-refractivity contribution in [2.75, 3.05) is 31.5 Å². The minimum atomic E-state index is -0.0955. The second-order valence-electron chi connectivity index (χ2n) is 6.27. The number of Topliss-reactive ketones (excluding diaryl/α,β-unsaturated/α-hetero) is 1. The number of halogens is 1. The quantitative estimate of drug-likeness (QED) is 0.774. The number of aromatic nitrogens is 2. The number of piperazine rings is 1. The number of hydrogen-bond donors (Lipinski definition) is 2. The van der Waals surface area contributed by atoms with E-state index >= 15 is 0 Å². The van der Waals surface area contributed by atoms with E-state index in [0.717, 1.165) is 25.5 Å². The Morgan fingerprint density at radius 2 is 2.19 bits per heavy atom. The van der Waals surface area contributed by atoms with Crippen LogP contribution in [0.4, 0.5) is 5.69 Å². The van der Waals surface area contributed by atoms with Gasteiger partial charge in [0.1, 0.15) is 5.82 Å². The summed E-state index contributed by atoms with van der Waals surface area (Å²) in [6.07, 6.45) is 3.69. The van der Waals surface area contributed by atoms with Crippen molar-refractivity contribution in [2.45, 2.75) is 13.0 Å². The average molecular weight is 378 g/mol. The molecule has 2 heterocycles. The number of nitrogens with zero attached hydrogens (tertiary/aromatic N) is 3. The molecule has 0 spiro atoms. The molecule has 2 N–H and O–H groups in total. The van der Waals surface area contributed by atoms with Crippen LogP contribution in [0.25, 0.3) is 0 Å². The molecule has 1 atom stereocenters. The highest BCUT2D eigenvalue weighted by atomic mass is 35.5. The predicted octanol–water partition coefficient (Wildman–Crippen LogP) is 1.63. The van der Waals surface area contributed by atoms with Gasteiger partial charge >= 0.3 is 0 Å². The van der Waals surface area contributed by atoms with E-state index in [2.05, 4.69) is 20.5 Å². The predicted molar refractivity (Wildman–Crippen MR) is 103 cm³/mol. The molecule has 0 bridgehead atoms. The number of aryl methyl sites for hydroxylation is 1. The highest BCUT2D eigenvalue weighted by Crippen LogP contribution is 2.20. The van der Waals surface area contributed by atoms with Gasteiger partial charge in [-0.15, -0.1) is 12.4 Å². The average Bonchev–Trinajstić information content (AvgIpc) is 3.01. The molecule has 26 heavy (non-hydrogen) atoms. The molecule has 1 aliphatic heterocycles. The number of amides is 1. The molecule has 1 fully saturated rings. The standard InChI is InChI=1S/C18H23N5O2.ClH/c1-13(24)14-4-3-5-15(10-14)21-17(25)12-23-9-6-19-11-16(23)18-20-7-8-22(18)2;/h3-5,7-8,10,16,19H,6,9,11-12H2,1-2H3,(H,21,25);1H. The molecule has 1 amide bonds. The summed E-state index contributed by atoms with van der Waals surface area (Å²) >= 11 is 0. The van der Waals surface area contributed by atoms with E-state index in [-0.39, 0.29) is 36.7 Å². The molecule has 140 valence electrons.